The fourth-order valence-electron chi connectivity index (χ4n) is 3.21. The van der Waals surface area contributed by atoms with Crippen LogP contribution in [0, 0.1) is 20.8 Å². The molecule has 2 heteroatoms. The number of hydrogen-bond donors (Lipinski definition) is 0. The number of rotatable bonds is 2. The zero-order chi connectivity index (χ0) is 15.0. The summed E-state index contributed by atoms with van der Waals surface area (Å²) in [4.78, 5) is 17.4. The van der Waals surface area contributed by atoms with Crippen LogP contribution in [-0.2, 0) is 6.42 Å². The van der Waals surface area contributed by atoms with Crippen LogP contribution in [0.15, 0.2) is 30.5 Å². The summed E-state index contributed by atoms with van der Waals surface area (Å²) >= 11 is 0. The summed E-state index contributed by atoms with van der Waals surface area (Å²) in [5.74, 6) is 0.146. The molecule has 2 nitrogen and oxygen atoms in total. The summed E-state index contributed by atoms with van der Waals surface area (Å²) in [5, 5.41) is 0. The fraction of sp³-hybridized carbons (Fsp3) is 0.368. The van der Waals surface area contributed by atoms with Crippen molar-refractivity contribution in [3.8, 4) is 0 Å². The van der Waals surface area contributed by atoms with E-state index in [0.717, 1.165) is 30.5 Å². The molecule has 0 amide bonds. The van der Waals surface area contributed by atoms with Gasteiger partial charge in [-0.25, -0.2) is 0 Å². The molecule has 0 saturated carbocycles. The molecule has 1 unspecified atom stereocenters. The second kappa shape index (κ2) is 5.44. The van der Waals surface area contributed by atoms with Crippen molar-refractivity contribution >= 4 is 5.78 Å². The number of carbonyl (C=O) groups is 1. The van der Waals surface area contributed by atoms with Crippen molar-refractivity contribution in [2.24, 2.45) is 0 Å². The van der Waals surface area contributed by atoms with Crippen molar-refractivity contribution in [1.82, 2.24) is 4.98 Å². The Balaban J connectivity index is 2.00. The molecule has 0 fully saturated rings. The third-order valence-corrected chi connectivity index (χ3v) is 4.68. The van der Waals surface area contributed by atoms with Crippen molar-refractivity contribution in [3.05, 3.63) is 64.0 Å². The van der Waals surface area contributed by atoms with Crippen LogP contribution < -0.4 is 0 Å². The van der Waals surface area contributed by atoms with Gasteiger partial charge in [-0.2, -0.15) is 0 Å². The van der Waals surface area contributed by atoms with Crippen LogP contribution >= 0.6 is 0 Å². The molecule has 1 atom stereocenters. The number of benzene rings is 1. The van der Waals surface area contributed by atoms with Crippen molar-refractivity contribution in [2.45, 2.75) is 46.0 Å². The molecule has 2 aromatic rings. The van der Waals surface area contributed by atoms with E-state index >= 15 is 0 Å². The molecule has 1 heterocycles. The molecular weight excluding hydrogens is 258 g/mol. The van der Waals surface area contributed by atoms with Gasteiger partial charge in [-0.3, -0.25) is 9.78 Å². The van der Waals surface area contributed by atoms with E-state index in [0.29, 0.717) is 0 Å². The van der Waals surface area contributed by atoms with E-state index in [1.807, 2.05) is 30.5 Å². The number of pyridine rings is 1. The van der Waals surface area contributed by atoms with Gasteiger partial charge in [-0.15, -0.1) is 0 Å². The Labute approximate surface area is 126 Å². The molecule has 108 valence electrons. The molecule has 3 rings (SSSR count). The van der Waals surface area contributed by atoms with Crippen LogP contribution in [0.3, 0.4) is 0 Å². The lowest BCUT2D eigenvalue weighted by Gasteiger charge is -2.24. The maximum Gasteiger partial charge on any atom is 0.171 e. The third kappa shape index (κ3) is 2.51. The molecule has 1 aliphatic rings. The summed E-state index contributed by atoms with van der Waals surface area (Å²) in [6.45, 7) is 6.25. The zero-order valence-corrected chi connectivity index (χ0v) is 12.9. The van der Waals surface area contributed by atoms with Gasteiger partial charge in [-0.1, -0.05) is 12.1 Å². The van der Waals surface area contributed by atoms with Gasteiger partial charge < -0.3 is 0 Å². The summed E-state index contributed by atoms with van der Waals surface area (Å²) < 4.78 is 0. The SMILES string of the molecule is Cc1ccc(C(=O)C2CCCc3c(C)ccnc32)cc1C. The number of carbonyl (C=O) groups excluding carboxylic acids is 1. The molecule has 0 spiro atoms. The average Bonchev–Trinajstić information content (AvgIpc) is 2.49. The topological polar surface area (TPSA) is 30.0 Å². The molecule has 1 aromatic heterocycles. The van der Waals surface area contributed by atoms with Crippen LogP contribution in [0.4, 0.5) is 0 Å². The Morgan fingerprint density at radius 1 is 1.10 bits per heavy atom. The van der Waals surface area contributed by atoms with E-state index in [9.17, 15) is 4.79 Å². The Bertz CT molecular complexity index is 703. The molecule has 1 aliphatic carbocycles. The number of aryl methyl sites for hydroxylation is 3. The van der Waals surface area contributed by atoms with Crippen LogP contribution in [0.25, 0.3) is 0 Å². The number of hydrogen-bond acceptors (Lipinski definition) is 2. The Hall–Kier alpha value is -1.96. The first kappa shape index (κ1) is 14.0. The van der Waals surface area contributed by atoms with Gasteiger partial charge >= 0.3 is 0 Å². The molecule has 1 aromatic carbocycles. The van der Waals surface area contributed by atoms with Crippen LogP contribution in [0.2, 0.25) is 0 Å². The van der Waals surface area contributed by atoms with Gasteiger partial charge in [0.25, 0.3) is 0 Å². The van der Waals surface area contributed by atoms with E-state index in [-0.39, 0.29) is 11.7 Å². The van der Waals surface area contributed by atoms with Gasteiger partial charge in [0.1, 0.15) is 0 Å². The minimum atomic E-state index is -0.0734. The standard InChI is InChI=1S/C19H21NO/c1-12-7-8-15(11-14(12)3)19(21)17-6-4-5-16-13(2)9-10-20-18(16)17/h7-11,17H,4-6H2,1-3H3. The van der Waals surface area contributed by atoms with Crippen molar-refractivity contribution in [1.29, 1.82) is 0 Å². The lowest BCUT2D eigenvalue weighted by atomic mass is 9.80. The fourth-order valence-corrected chi connectivity index (χ4v) is 3.21. The van der Waals surface area contributed by atoms with E-state index < -0.39 is 0 Å². The lowest BCUT2D eigenvalue weighted by molar-refractivity contribution is 0.0949. The molecule has 0 bridgehead atoms. The number of Topliss-reactive ketones (excluding diaryl/α,β-unsaturated/α-hetero) is 1. The minimum absolute atomic E-state index is 0.0734. The summed E-state index contributed by atoms with van der Waals surface area (Å²) in [5.41, 5.74) is 6.77. The van der Waals surface area contributed by atoms with Crippen LogP contribution in [-0.4, -0.2) is 10.8 Å². The van der Waals surface area contributed by atoms with Gasteiger partial charge in [0, 0.05) is 11.8 Å². The largest absolute Gasteiger partial charge is 0.293 e. The van der Waals surface area contributed by atoms with Gasteiger partial charge in [0.2, 0.25) is 0 Å². The number of nitrogens with zero attached hydrogens (tertiary/aromatic N) is 1. The highest BCUT2D eigenvalue weighted by atomic mass is 16.1. The van der Waals surface area contributed by atoms with Gasteiger partial charge in [0.15, 0.2) is 5.78 Å². The minimum Gasteiger partial charge on any atom is -0.293 e. The first-order valence-corrected chi connectivity index (χ1v) is 7.64. The lowest BCUT2D eigenvalue weighted by Crippen LogP contribution is -2.21. The molecular formula is C19H21NO. The normalized spacial score (nSPS) is 17.4. The van der Waals surface area contributed by atoms with Crippen LogP contribution in [0.1, 0.15) is 57.1 Å². The highest BCUT2D eigenvalue weighted by molar-refractivity contribution is 6.01. The Morgan fingerprint density at radius 2 is 1.90 bits per heavy atom. The highest BCUT2D eigenvalue weighted by Gasteiger charge is 2.29. The monoisotopic (exact) mass is 279 g/mol. The summed E-state index contributed by atoms with van der Waals surface area (Å²) in [6, 6.07) is 8.05. The van der Waals surface area contributed by atoms with Crippen molar-refractivity contribution < 1.29 is 4.79 Å². The maximum absolute atomic E-state index is 12.9. The van der Waals surface area contributed by atoms with E-state index in [2.05, 4.69) is 25.8 Å². The predicted octanol–water partition coefficient (Wildman–Crippen LogP) is 4.31. The number of ketones is 1. The molecule has 0 saturated heterocycles. The van der Waals surface area contributed by atoms with Crippen LogP contribution in [0.5, 0.6) is 0 Å². The second-order valence-corrected chi connectivity index (χ2v) is 6.10. The average molecular weight is 279 g/mol. The van der Waals surface area contributed by atoms with Gasteiger partial charge in [0.05, 0.1) is 11.6 Å². The summed E-state index contributed by atoms with van der Waals surface area (Å²) in [6.07, 6.45) is 4.86. The van der Waals surface area contributed by atoms with Gasteiger partial charge in [-0.05, 0) is 74.4 Å². The van der Waals surface area contributed by atoms with E-state index in [1.165, 1.54) is 22.3 Å². The zero-order valence-electron chi connectivity index (χ0n) is 12.9. The quantitative estimate of drug-likeness (QED) is 0.767. The van der Waals surface area contributed by atoms with E-state index in [4.69, 9.17) is 0 Å². The summed E-state index contributed by atoms with van der Waals surface area (Å²) in [7, 11) is 0. The van der Waals surface area contributed by atoms with E-state index in [1.54, 1.807) is 0 Å². The Morgan fingerprint density at radius 3 is 2.67 bits per heavy atom. The molecule has 21 heavy (non-hydrogen) atoms. The van der Waals surface area contributed by atoms with Crippen molar-refractivity contribution in [3.63, 3.8) is 0 Å². The van der Waals surface area contributed by atoms with Crippen molar-refractivity contribution in [2.75, 3.05) is 0 Å². The number of fused-ring (bicyclic) bond motifs is 1. The molecule has 0 aliphatic heterocycles. The number of aromatic nitrogens is 1. The highest BCUT2D eigenvalue weighted by Crippen LogP contribution is 2.34. The Kier molecular flexibility index (Phi) is 3.62. The first-order chi connectivity index (χ1) is 10.1. The third-order valence-electron chi connectivity index (χ3n) is 4.68. The second-order valence-electron chi connectivity index (χ2n) is 6.10. The first-order valence-electron chi connectivity index (χ1n) is 7.64. The molecule has 0 radical (unpaired) electrons. The predicted molar refractivity (Wildman–Crippen MR) is 84.9 cm³/mol. The maximum atomic E-state index is 12.9. The smallest absolute Gasteiger partial charge is 0.171 e. The molecule has 0 N–H and O–H groups in total.